The predicted molar refractivity (Wildman–Crippen MR) is 242 cm³/mol. The molecule has 9 atom stereocenters. The summed E-state index contributed by atoms with van der Waals surface area (Å²) in [5, 5.41) is 51.4. The number of carbonyl (C=O) groups excluding carboxylic acids is 2. The minimum atomic E-state index is -5.38. The van der Waals surface area contributed by atoms with E-state index in [4.69, 9.17) is 28.3 Å². The first kappa shape index (κ1) is 59.7. The molecule has 370 valence electrons. The van der Waals surface area contributed by atoms with Crippen LogP contribution in [0, 0.1) is 0 Å². The van der Waals surface area contributed by atoms with E-state index in [1.807, 2.05) is 18.2 Å². The average molecular weight is 953 g/mol. The van der Waals surface area contributed by atoms with Crippen LogP contribution in [0.5, 0.6) is 0 Å². The number of rotatable bonds is 37. The molecule has 0 bridgehead atoms. The zero-order valence-corrected chi connectivity index (χ0v) is 39.6. The van der Waals surface area contributed by atoms with Gasteiger partial charge in [-0.2, -0.15) is 0 Å². The monoisotopic (exact) mass is 952 g/mol. The first-order chi connectivity index (χ1) is 30.5. The molecule has 1 aliphatic carbocycles. The number of aliphatic hydroxyl groups excluding tert-OH is 5. The number of aliphatic hydroxyl groups is 5. The van der Waals surface area contributed by atoms with Crippen LogP contribution in [-0.4, -0.2) is 114 Å². The van der Waals surface area contributed by atoms with Crippen LogP contribution >= 0.6 is 15.6 Å². The Morgan fingerprint density at radius 3 is 1.77 bits per heavy atom. The third-order valence-corrected chi connectivity index (χ3v) is 11.7. The van der Waals surface area contributed by atoms with Crippen molar-refractivity contribution in [1.29, 1.82) is 0 Å². The van der Waals surface area contributed by atoms with Gasteiger partial charge in [0.1, 0.15) is 43.2 Å². The fourth-order valence-electron chi connectivity index (χ4n) is 6.59. The maximum atomic E-state index is 13.0. The van der Waals surface area contributed by atoms with Crippen LogP contribution in [-0.2, 0) is 41.8 Å². The Kier molecular flexibility index (Phi) is 33.4. The lowest BCUT2D eigenvalue weighted by atomic mass is 9.85. The molecule has 0 aromatic rings. The Bertz CT molecular complexity index is 1490. The van der Waals surface area contributed by atoms with Crippen molar-refractivity contribution in [1.82, 2.24) is 0 Å². The summed E-state index contributed by atoms with van der Waals surface area (Å²) in [6.45, 7) is 2.84. The van der Waals surface area contributed by atoms with Gasteiger partial charge in [0.25, 0.3) is 0 Å². The number of unbranched alkanes of at least 4 members (excludes halogenated alkanes) is 12. The summed E-state index contributed by atoms with van der Waals surface area (Å²) in [7, 11) is -10.7. The molecule has 19 heteroatoms. The average Bonchev–Trinajstić information content (AvgIpc) is 3.24. The molecule has 1 saturated carbocycles. The number of phosphoric acid groups is 2. The topological polar surface area (TPSA) is 276 Å². The predicted octanol–water partition coefficient (Wildman–Crippen LogP) is 7.25. The summed E-state index contributed by atoms with van der Waals surface area (Å²) in [4.78, 5) is 54.2. The van der Waals surface area contributed by atoms with Crippen LogP contribution in [0.15, 0.2) is 60.8 Å². The van der Waals surface area contributed by atoms with Gasteiger partial charge in [0.05, 0.1) is 12.7 Å². The van der Waals surface area contributed by atoms with Gasteiger partial charge in [0.2, 0.25) is 0 Å². The largest absolute Gasteiger partial charge is 0.472 e. The third-order valence-electron chi connectivity index (χ3n) is 10.2. The molecular formula is C45H78O17P2. The Hall–Kier alpha value is -2.34. The van der Waals surface area contributed by atoms with Gasteiger partial charge in [-0.1, -0.05) is 132 Å². The highest BCUT2D eigenvalue weighted by Crippen LogP contribution is 2.49. The lowest BCUT2D eigenvalue weighted by Gasteiger charge is -2.43. The second-order valence-corrected chi connectivity index (χ2v) is 18.5. The molecule has 1 aliphatic rings. The van der Waals surface area contributed by atoms with E-state index in [-0.39, 0.29) is 12.8 Å². The molecule has 0 saturated heterocycles. The summed E-state index contributed by atoms with van der Waals surface area (Å²) in [6.07, 6.45) is 22.0. The molecule has 64 heavy (non-hydrogen) atoms. The van der Waals surface area contributed by atoms with Crippen molar-refractivity contribution in [3.8, 4) is 0 Å². The van der Waals surface area contributed by atoms with Crippen LogP contribution in [0.3, 0.4) is 0 Å². The maximum Gasteiger partial charge on any atom is 0.472 e. The Labute approximate surface area is 380 Å². The second kappa shape index (κ2) is 35.8. The minimum Gasteiger partial charge on any atom is -0.462 e. The van der Waals surface area contributed by atoms with Gasteiger partial charge in [-0.05, 0) is 64.2 Å². The summed E-state index contributed by atoms with van der Waals surface area (Å²) >= 11 is 0. The van der Waals surface area contributed by atoms with Gasteiger partial charge < -0.3 is 49.7 Å². The Morgan fingerprint density at radius 1 is 0.594 bits per heavy atom. The van der Waals surface area contributed by atoms with Crippen molar-refractivity contribution in [2.45, 2.75) is 198 Å². The fraction of sp³-hybridized carbons (Fsp3) is 0.733. The van der Waals surface area contributed by atoms with Crippen LogP contribution < -0.4 is 0 Å². The molecule has 0 spiro atoms. The van der Waals surface area contributed by atoms with Crippen molar-refractivity contribution in [3.63, 3.8) is 0 Å². The highest BCUT2D eigenvalue weighted by atomic mass is 31.2. The van der Waals surface area contributed by atoms with Gasteiger partial charge in [-0.15, -0.1) is 0 Å². The van der Waals surface area contributed by atoms with Crippen molar-refractivity contribution in [2.75, 3.05) is 13.2 Å². The number of ether oxygens (including phenoxy) is 2. The van der Waals surface area contributed by atoms with Crippen LogP contribution in [0.2, 0.25) is 0 Å². The number of hydrogen-bond acceptors (Lipinski definition) is 14. The first-order valence-electron chi connectivity index (χ1n) is 22.9. The van der Waals surface area contributed by atoms with E-state index >= 15 is 0 Å². The smallest absolute Gasteiger partial charge is 0.462 e. The summed E-state index contributed by atoms with van der Waals surface area (Å²) in [5.74, 6) is -1.30. The standard InChI is InChI=1S/C45H78O17P2/c1-3-5-7-9-11-12-13-14-15-16-17-18-20-24-28-32-38(47)58-34-37(60-39(48)33-29-25-21-23-27-31-36(46)30-26-22-19-10-8-6-4-2)35-59-64(56,57)62-45-42(51)40(49)41(50)44(43(45)52)61-63(53,54)55/h6,8,11-12,14-15,19,22,26,30,36-37,40-46,49-52H,3-5,7,9-10,13,16-18,20-21,23-25,27-29,31-35H2,1-2H3,(H,56,57)(H2,53,54,55)/b8-6+,12-11-,15-14-,22-19+,30-26+/t36?,37-,40?,41?,42?,43?,44-,45+/m1/s1. The van der Waals surface area contributed by atoms with E-state index in [0.29, 0.717) is 25.7 Å². The van der Waals surface area contributed by atoms with Gasteiger partial charge >= 0.3 is 27.6 Å². The third kappa shape index (κ3) is 30.0. The summed E-state index contributed by atoms with van der Waals surface area (Å²) in [5.41, 5.74) is 0. The molecule has 0 heterocycles. The maximum absolute atomic E-state index is 13.0. The highest BCUT2D eigenvalue weighted by molar-refractivity contribution is 7.47. The molecule has 1 rings (SSSR count). The lowest BCUT2D eigenvalue weighted by molar-refractivity contribution is -0.216. The van der Waals surface area contributed by atoms with Gasteiger partial charge in [0, 0.05) is 12.8 Å². The zero-order chi connectivity index (χ0) is 47.6. The quantitative estimate of drug-likeness (QED) is 0.0100. The molecule has 0 aromatic carbocycles. The SMILES string of the molecule is CC/C=C/C/C=C/C=C/C(O)CCCCCCCC(=O)O[C@H](COC(=O)CCCCCCC/C=C\C/C=C\CCCCC)COP(=O)(O)O[C@H]1C(O)C(O)C(O)[C@@H](OP(=O)(O)O)C1O. The van der Waals surface area contributed by atoms with Crippen LogP contribution in [0.1, 0.15) is 149 Å². The highest BCUT2D eigenvalue weighted by Gasteiger charge is 2.54. The van der Waals surface area contributed by atoms with Crippen LogP contribution in [0.25, 0.3) is 0 Å². The molecule has 6 unspecified atom stereocenters. The van der Waals surface area contributed by atoms with Crippen molar-refractivity contribution < 1.29 is 82.0 Å². The molecule has 1 fully saturated rings. The number of esters is 2. The van der Waals surface area contributed by atoms with E-state index in [2.05, 4.69) is 54.8 Å². The summed E-state index contributed by atoms with van der Waals surface area (Å²) < 4.78 is 49.2. The van der Waals surface area contributed by atoms with Crippen molar-refractivity contribution in [2.24, 2.45) is 0 Å². The van der Waals surface area contributed by atoms with E-state index < -0.39 is 89.6 Å². The van der Waals surface area contributed by atoms with E-state index in [0.717, 1.165) is 77.0 Å². The van der Waals surface area contributed by atoms with E-state index in [9.17, 15) is 49.1 Å². The number of phosphoric ester groups is 2. The van der Waals surface area contributed by atoms with Crippen molar-refractivity contribution >= 4 is 27.6 Å². The molecule has 0 radical (unpaired) electrons. The van der Waals surface area contributed by atoms with Gasteiger partial charge in [-0.3, -0.25) is 23.2 Å². The molecule has 17 nitrogen and oxygen atoms in total. The number of carbonyl (C=O) groups is 2. The summed E-state index contributed by atoms with van der Waals surface area (Å²) in [6, 6.07) is 0. The fourth-order valence-corrected chi connectivity index (χ4v) is 8.13. The second-order valence-electron chi connectivity index (χ2n) is 15.9. The first-order valence-corrected chi connectivity index (χ1v) is 26.0. The lowest BCUT2D eigenvalue weighted by Crippen LogP contribution is -2.64. The van der Waals surface area contributed by atoms with E-state index in [1.54, 1.807) is 6.08 Å². The van der Waals surface area contributed by atoms with Crippen molar-refractivity contribution in [3.05, 3.63) is 60.8 Å². The van der Waals surface area contributed by atoms with Crippen LogP contribution in [0.4, 0.5) is 0 Å². The minimum absolute atomic E-state index is 0.0313. The molecule has 0 aromatic heterocycles. The zero-order valence-electron chi connectivity index (χ0n) is 37.8. The van der Waals surface area contributed by atoms with E-state index in [1.165, 1.54) is 19.3 Å². The normalized spacial score (nSPS) is 22.8. The molecule has 0 aliphatic heterocycles. The Morgan fingerprint density at radius 2 is 1.14 bits per heavy atom. The van der Waals surface area contributed by atoms with Gasteiger partial charge in [0.15, 0.2) is 6.10 Å². The number of hydrogen-bond donors (Lipinski definition) is 8. The molecule has 8 N–H and O–H groups in total. The molecule has 0 amide bonds. The van der Waals surface area contributed by atoms with Gasteiger partial charge in [-0.25, -0.2) is 9.13 Å². The molecular weight excluding hydrogens is 874 g/mol. The Balaban J connectivity index is 2.66. The number of allylic oxidation sites excluding steroid dienone is 9.